The quantitative estimate of drug-likeness (QED) is 0.107. The lowest BCUT2D eigenvalue weighted by Crippen LogP contribution is -2.74. The molecule has 8 aliphatic rings. The molecule has 2 bridgehead atoms. The van der Waals surface area contributed by atoms with Crippen LogP contribution >= 0.6 is 0 Å². The number of rotatable bonds is 9. The molecule has 14 atom stereocenters. The lowest BCUT2D eigenvalue weighted by atomic mass is 9.56. The molecule has 1 N–H and O–H groups in total. The van der Waals surface area contributed by atoms with Crippen molar-refractivity contribution in [2.75, 3.05) is 19.8 Å². The fourth-order valence-corrected chi connectivity index (χ4v) is 10.9. The summed E-state index contributed by atoms with van der Waals surface area (Å²) in [5, 5.41) is 10.3. The molecule has 6 aliphatic heterocycles. The molecular weight excluding hydrogens is 706 g/mol. The summed E-state index contributed by atoms with van der Waals surface area (Å²) in [6, 6.07) is 0. The first-order valence-electron chi connectivity index (χ1n) is 18.9. The minimum absolute atomic E-state index is 0.0464. The van der Waals surface area contributed by atoms with Gasteiger partial charge < -0.3 is 28.4 Å². The highest BCUT2D eigenvalue weighted by molar-refractivity contribution is 5.28. The van der Waals surface area contributed by atoms with Gasteiger partial charge in [0.2, 0.25) is 17.8 Å². The number of unbranched alkanes of at least 4 members (excludes halogenated alkanes) is 1. The van der Waals surface area contributed by atoms with Crippen molar-refractivity contribution >= 4 is 0 Å². The zero-order valence-electron chi connectivity index (χ0n) is 30.4. The second-order valence-electron chi connectivity index (χ2n) is 16.6. The highest BCUT2D eigenvalue weighted by Gasteiger charge is 2.75. The van der Waals surface area contributed by atoms with Crippen LogP contribution in [0.5, 0.6) is 0 Å². The summed E-state index contributed by atoms with van der Waals surface area (Å²) in [4.78, 5) is 16.8. The SMILES string of the molecule is C[C@@H]1CC[C@H]2[C@@H](C)[C@](OCCCCOCC3=C(C(F)(F)F)O[C@@H]4OC5(C)CCC6[C@H](C)CC[C@@H]3[C@]64OO5)(C(F)(F)F)O[C@@H]3O[C@@H](C)CCC1C32OO. The Hall–Kier alpha value is -1.24. The highest BCUT2D eigenvalue weighted by atomic mass is 19.4. The summed E-state index contributed by atoms with van der Waals surface area (Å²) in [5.41, 5.74) is -2.83. The van der Waals surface area contributed by atoms with Crippen molar-refractivity contribution in [3.05, 3.63) is 11.3 Å². The molecule has 7 fully saturated rings. The Morgan fingerprint density at radius 2 is 1.48 bits per heavy atom. The Bertz CT molecular complexity index is 1350. The fraction of sp³-hybridized carbons (Fsp3) is 0.944. The molecule has 6 heterocycles. The Balaban J connectivity index is 1.03. The van der Waals surface area contributed by atoms with Crippen molar-refractivity contribution in [3.8, 4) is 0 Å². The largest absolute Gasteiger partial charge is 0.456 e. The molecule has 5 saturated heterocycles. The Kier molecular flexibility index (Phi) is 10.3. The first-order valence-corrected chi connectivity index (χ1v) is 18.9. The number of allylic oxidation sites excluding steroid dienone is 1. The van der Waals surface area contributed by atoms with Gasteiger partial charge in [-0.2, -0.15) is 26.3 Å². The van der Waals surface area contributed by atoms with Gasteiger partial charge in [0.15, 0.2) is 17.5 Å². The van der Waals surface area contributed by atoms with Crippen LogP contribution < -0.4 is 0 Å². The van der Waals surface area contributed by atoms with E-state index in [9.17, 15) is 18.4 Å². The van der Waals surface area contributed by atoms with Crippen LogP contribution in [0.25, 0.3) is 0 Å². The zero-order valence-corrected chi connectivity index (χ0v) is 30.4. The van der Waals surface area contributed by atoms with Gasteiger partial charge in [-0.25, -0.2) is 14.7 Å². The van der Waals surface area contributed by atoms with Gasteiger partial charge in [0.25, 0.3) is 5.79 Å². The van der Waals surface area contributed by atoms with Crippen molar-refractivity contribution in [2.24, 2.45) is 41.4 Å². The van der Waals surface area contributed by atoms with E-state index in [2.05, 4.69) is 0 Å². The second kappa shape index (κ2) is 13.7. The molecule has 0 amide bonds. The second-order valence-corrected chi connectivity index (χ2v) is 16.6. The van der Waals surface area contributed by atoms with Crippen LogP contribution in [0.4, 0.5) is 26.3 Å². The maximum atomic E-state index is 15.1. The third kappa shape index (κ3) is 6.03. The zero-order chi connectivity index (χ0) is 37.5. The highest BCUT2D eigenvalue weighted by Crippen LogP contribution is 2.63. The minimum atomic E-state index is -4.96. The van der Waals surface area contributed by atoms with E-state index in [1.54, 1.807) is 13.8 Å². The number of ether oxygens (including phenoxy) is 6. The Morgan fingerprint density at radius 3 is 2.19 bits per heavy atom. The number of fused-ring (bicyclic) bond motifs is 2. The van der Waals surface area contributed by atoms with Gasteiger partial charge in [-0.3, -0.25) is 5.26 Å². The summed E-state index contributed by atoms with van der Waals surface area (Å²) in [6.45, 7) is 8.03. The van der Waals surface area contributed by atoms with Crippen LogP contribution in [0.3, 0.4) is 0 Å². The van der Waals surface area contributed by atoms with Crippen LogP contribution in [-0.2, 0) is 43.1 Å². The predicted octanol–water partition coefficient (Wildman–Crippen LogP) is 8.20. The summed E-state index contributed by atoms with van der Waals surface area (Å²) >= 11 is 0. The predicted molar refractivity (Wildman–Crippen MR) is 167 cm³/mol. The van der Waals surface area contributed by atoms with Crippen molar-refractivity contribution < 1.29 is 74.7 Å². The van der Waals surface area contributed by atoms with E-state index in [1.807, 2.05) is 13.8 Å². The molecule has 0 aromatic carbocycles. The van der Waals surface area contributed by atoms with Crippen molar-refractivity contribution in [3.63, 3.8) is 0 Å². The maximum absolute atomic E-state index is 15.1. The average Bonchev–Trinajstić information content (AvgIpc) is 3.38. The number of hydrogen-bond acceptors (Lipinski definition) is 10. The third-order valence-corrected chi connectivity index (χ3v) is 13.6. The number of hydrogen-bond donors (Lipinski definition) is 1. The van der Waals surface area contributed by atoms with Crippen LogP contribution in [0.1, 0.15) is 98.8 Å². The molecular formula is C36H52F6O10. The standard InChI is InChI=1S/C36H52F6O10/c1-19-8-11-26-22(4)34(36(40,41)42,49-29-32(26,50-43)24(19)13-10-21(3)46-29)45-17-7-6-16-44-18-23-27-12-9-20(2)25-14-15-31(5)48-30(33(25,27)52-51-31)47-28(23)35(37,38)39/h19-22,24-27,29-30,43H,6-18H2,1-5H3/t19-,20-,21+,22-,24?,25?,26+,27+,29+,30-,31?,32?,33-,34-/m1/s1. The van der Waals surface area contributed by atoms with Gasteiger partial charge in [-0.05, 0) is 89.4 Å². The van der Waals surface area contributed by atoms with Gasteiger partial charge in [-0.1, -0.05) is 20.8 Å². The molecule has 2 saturated carbocycles. The van der Waals surface area contributed by atoms with Gasteiger partial charge in [-0.15, -0.1) is 0 Å². The first-order chi connectivity index (χ1) is 24.4. The normalized spacial score (nSPS) is 47.6. The Morgan fingerprint density at radius 1 is 0.788 bits per heavy atom. The van der Waals surface area contributed by atoms with Gasteiger partial charge in [0.1, 0.15) is 0 Å². The fourth-order valence-electron chi connectivity index (χ4n) is 10.9. The summed E-state index contributed by atoms with van der Waals surface area (Å²) in [7, 11) is 0. The van der Waals surface area contributed by atoms with Crippen LogP contribution in [-0.4, -0.2) is 78.9 Å². The molecule has 0 radical (unpaired) electrons. The molecule has 0 aromatic rings. The summed E-state index contributed by atoms with van der Waals surface area (Å²) in [5.74, 6) is -8.42. The van der Waals surface area contributed by atoms with Crippen LogP contribution in [0.15, 0.2) is 11.3 Å². The lowest BCUT2D eigenvalue weighted by Gasteiger charge is -2.60. The Labute approximate surface area is 299 Å². The molecule has 1 spiro atoms. The molecule has 8 rings (SSSR count). The molecule has 10 nitrogen and oxygen atoms in total. The van der Waals surface area contributed by atoms with E-state index >= 15 is 13.2 Å². The van der Waals surface area contributed by atoms with E-state index < -0.39 is 83.9 Å². The molecule has 4 unspecified atom stereocenters. The molecule has 0 aromatic heterocycles. The number of alkyl halides is 6. The van der Waals surface area contributed by atoms with E-state index in [-0.39, 0.29) is 55.3 Å². The van der Waals surface area contributed by atoms with Gasteiger partial charge >= 0.3 is 12.4 Å². The monoisotopic (exact) mass is 758 g/mol. The first kappa shape index (κ1) is 39.0. The lowest BCUT2D eigenvalue weighted by molar-refractivity contribution is -0.557. The topological polar surface area (TPSA) is 103 Å². The smallest absolute Gasteiger partial charge is 0.449 e. The van der Waals surface area contributed by atoms with Crippen molar-refractivity contribution in [1.29, 1.82) is 0 Å². The van der Waals surface area contributed by atoms with Crippen LogP contribution in [0, 0.1) is 41.4 Å². The van der Waals surface area contributed by atoms with E-state index in [0.29, 0.717) is 51.4 Å². The molecule has 16 heteroatoms. The van der Waals surface area contributed by atoms with Gasteiger partial charge in [0.05, 0.1) is 19.3 Å². The molecule has 298 valence electrons. The average molecular weight is 759 g/mol. The van der Waals surface area contributed by atoms with Crippen molar-refractivity contribution in [2.45, 2.75) is 153 Å². The molecule has 2 aliphatic carbocycles. The minimum Gasteiger partial charge on any atom is -0.456 e. The number of halogens is 6. The summed E-state index contributed by atoms with van der Waals surface area (Å²) < 4.78 is 124. The van der Waals surface area contributed by atoms with Crippen LogP contribution in [0.2, 0.25) is 0 Å². The van der Waals surface area contributed by atoms with Gasteiger partial charge in [0, 0.05) is 42.3 Å². The van der Waals surface area contributed by atoms with E-state index in [1.165, 1.54) is 6.92 Å². The maximum Gasteiger partial charge on any atom is 0.449 e. The third-order valence-electron chi connectivity index (χ3n) is 13.6. The van der Waals surface area contributed by atoms with E-state index in [4.69, 9.17) is 43.1 Å². The summed E-state index contributed by atoms with van der Waals surface area (Å²) in [6.07, 6.45) is -8.42. The van der Waals surface area contributed by atoms with Crippen molar-refractivity contribution in [1.82, 2.24) is 0 Å². The molecule has 52 heavy (non-hydrogen) atoms. The van der Waals surface area contributed by atoms with E-state index in [0.717, 1.165) is 0 Å².